The number of likely N-dealkylation sites (tertiary alicyclic amines) is 1. The highest BCUT2D eigenvalue weighted by atomic mass is 127. The van der Waals surface area contributed by atoms with E-state index in [2.05, 4.69) is 25.7 Å². The van der Waals surface area contributed by atoms with Gasteiger partial charge in [0.25, 0.3) is 0 Å². The van der Waals surface area contributed by atoms with Crippen LogP contribution in [-0.2, 0) is 6.54 Å². The molecule has 0 atom stereocenters. The molecule has 154 valence electrons. The summed E-state index contributed by atoms with van der Waals surface area (Å²) in [5.74, 6) is 1.74. The fraction of sp³-hybridized carbons (Fsp3) is 0.800. The lowest BCUT2D eigenvalue weighted by molar-refractivity contribution is 0.0368. The molecule has 1 saturated carbocycles. The number of aromatic nitrogens is 1. The molecule has 2 heterocycles. The number of hydrogen-bond acceptors (Lipinski definition) is 4. The van der Waals surface area contributed by atoms with Gasteiger partial charge >= 0.3 is 0 Å². The molecule has 6 nitrogen and oxygen atoms in total. The van der Waals surface area contributed by atoms with Gasteiger partial charge in [-0.3, -0.25) is 9.89 Å². The zero-order valence-corrected chi connectivity index (χ0v) is 19.5. The summed E-state index contributed by atoms with van der Waals surface area (Å²) in [4.78, 5) is 7.20. The molecule has 3 rings (SSSR count). The summed E-state index contributed by atoms with van der Waals surface area (Å²) < 4.78 is 5.25. The molecule has 0 spiro atoms. The van der Waals surface area contributed by atoms with E-state index in [1.807, 2.05) is 20.9 Å². The monoisotopic (exact) mass is 489 g/mol. The second-order valence-electron chi connectivity index (χ2n) is 7.91. The van der Waals surface area contributed by atoms with Crippen LogP contribution in [0.4, 0.5) is 0 Å². The third-order valence-corrected chi connectivity index (χ3v) is 6.23. The van der Waals surface area contributed by atoms with Crippen molar-refractivity contribution in [3.63, 3.8) is 0 Å². The van der Waals surface area contributed by atoms with E-state index in [1.165, 1.54) is 64.5 Å². The molecule has 2 N–H and O–H groups in total. The number of guanidine groups is 1. The Hall–Kier alpha value is -0.830. The number of hydrogen-bond donors (Lipinski definition) is 2. The Morgan fingerprint density at radius 2 is 1.74 bits per heavy atom. The highest BCUT2D eigenvalue weighted by Gasteiger charge is 2.38. The minimum atomic E-state index is 0. The molecular formula is C20H36IN5O. The van der Waals surface area contributed by atoms with E-state index in [1.54, 1.807) is 0 Å². The summed E-state index contributed by atoms with van der Waals surface area (Å²) in [6.07, 6.45) is 10.8. The summed E-state index contributed by atoms with van der Waals surface area (Å²) >= 11 is 0. The third kappa shape index (κ3) is 5.59. The van der Waals surface area contributed by atoms with Crippen LogP contribution in [0.1, 0.15) is 68.4 Å². The van der Waals surface area contributed by atoms with E-state index in [-0.39, 0.29) is 24.0 Å². The molecule has 27 heavy (non-hydrogen) atoms. The lowest BCUT2D eigenvalue weighted by Gasteiger charge is -2.48. The van der Waals surface area contributed by atoms with Crippen molar-refractivity contribution in [2.75, 3.05) is 26.7 Å². The van der Waals surface area contributed by atoms with Crippen molar-refractivity contribution in [3.8, 4) is 0 Å². The predicted octanol–water partition coefficient (Wildman–Crippen LogP) is 3.76. The molecule has 0 unspecified atom stereocenters. The molecule has 1 aliphatic carbocycles. The SMILES string of the molecule is CN=C(NCc1c(C)noc1C)NCC1(N2CCCCC2)CCCCC1.I. The molecule has 1 aromatic heterocycles. The van der Waals surface area contributed by atoms with Crippen LogP contribution < -0.4 is 10.6 Å². The Kier molecular flexibility index (Phi) is 8.85. The Morgan fingerprint density at radius 3 is 2.33 bits per heavy atom. The second kappa shape index (κ2) is 10.6. The summed E-state index contributed by atoms with van der Waals surface area (Å²) in [6.45, 7) is 8.13. The molecule has 1 saturated heterocycles. The summed E-state index contributed by atoms with van der Waals surface area (Å²) in [5, 5.41) is 11.1. The fourth-order valence-electron chi connectivity index (χ4n) is 4.58. The molecule has 2 aliphatic rings. The first-order valence-electron chi connectivity index (χ1n) is 10.3. The number of nitrogens with one attached hydrogen (secondary N) is 2. The van der Waals surface area contributed by atoms with Gasteiger partial charge in [-0.05, 0) is 52.6 Å². The molecule has 1 aliphatic heterocycles. The Bertz CT molecular complexity index is 584. The van der Waals surface area contributed by atoms with Gasteiger partial charge in [-0.25, -0.2) is 0 Å². The number of aliphatic imine (C=N–C) groups is 1. The van der Waals surface area contributed by atoms with Crippen LogP contribution in [0, 0.1) is 13.8 Å². The van der Waals surface area contributed by atoms with E-state index in [0.29, 0.717) is 12.1 Å². The van der Waals surface area contributed by atoms with Gasteiger partial charge in [0.1, 0.15) is 5.76 Å². The van der Waals surface area contributed by atoms with Crippen LogP contribution in [0.25, 0.3) is 0 Å². The second-order valence-corrected chi connectivity index (χ2v) is 7.91. The molecule has 7 heteroatoms. The minimum Gasteiger partial charge on any atom is -0.361 e. The fourth-order valence-corrected chi connectivity index (χ4v) is 4.58. The van der Waals surface area contributed by atoms with E-state index >= 15 is 0 Å². The maximum Gasteiger partial charge on any atom is 0.191 e. The number of rotatable bonds is 5. The lowest BCUT2D eigenvalue weighted by Crippen LogP contribution is -2.59. The van der Waals surface area contributed by atoms with Crippen LogP contribution in [0.15, 0.2) is 9.52 Å². The normalized spacial score (nSPS) is 20.8. The number of aryl methyl sites for hydroxylation is 2. The smallest absolute Gasteiger partial charge is 0.191 e. The molecule has 0 radical (unpaired) electrons. The van der Waals surface area contributed by atoms with E-state index in [4.69, 9.17) is 4.52 Å². The van der Waals surface area contributed by atoms with Crippen LogP contribution in [0.2, 0.25) is 0 Å². The quantitative estimate of drug-likeness (QED) is 0.375. The van der Waals surface area contributed by atoms with Crippen molar-refractivity contribution in [2.45, 2.75) is 77.3 Å². The zero-order chi connectivity index (χ0) is 18.4. The van der Waals surface area contributed by atoms with E-state index in [0.717, 1.165) is 29.5 Å². The Balaban J connectivity index is 0.00000261. The van der Waals surface area contributed by atoms with Crippen LogP contribution in [0.5, 0.6) is 0 Å². The standard InChI is InChI=1S/C20H35N5O.HI/c1-16-18(17(2)26-24-16)14-22-19(21-3)23-15-20(10-6-4-7-11-20)25-12-8-5-9-13-25;/h4-15H2,1-3H3,(H2,21,22,23);1H. The van der Waals surface area contributed by atoms with E-state index in [9.17, 15) is 0 Å². The van der Waals surface area contributed by atoms with Crippen molar-refractivity contribution in [3.05, 3.63) is 17.0 Å². The van der Waals surface area contributed by atoms with Crippen molar-refractivity contribution in [1.82, 2.24) is 20.7 Å². The van der Waals surface area contributed by atoms with Gasteiger partial charge in [0.15, 0.2) is 5.96 Å². The minimum absolute atomic E-state index is 0. The Morgan fingerprint density at radius 1 is 1.07 bits per heavy atom. The van der Waals surface area contributed by atoms with Crippen molar-refractivity contribution in [1.29, 1.82) is 0 Å². The maximum absolute atomic E-state index is 5.25. The molecule has 0 aromatic carbocycles. The molecule has 2 fully saturated rings. The first kappa shape index (κ1) is 22.5. The van der Waals surface area contributed by atoms with Crippen molar-refractivity contribution < 1.29 is 4.52 Å². The van der Waals surface area contributed by atoms with Crippen molar-refractivity contribution in [2.24, 2.45) is 4.99 Å². The van der Waals surface area contributed by atoms with Gasteiger partial charge in [0, 0.05) is 31.2 Å². The predicted molar refractivity (Wildman–Crippen MR) is 121 cm³/mol. The number of halogens is 1. The molecule has 0 amide bonds. The van der Waals surface area contributed by atoms with Crippen LogP contribution in [0.3, 0.4) is 0 Å². The number of piperidine rings is 1. The molecular weight excluding hydrogens is 453 g/mol. The largest absolute Gasteiger partial charge is 0.361 e. The average Bonchev–Trinajstić information content (AvgIpc) is 3.01. The van der Waals surface area contributed by atoms with Gasteiger partial charge < -0.3 is 15.2 Å². The van der Waals surface area contributed by atoms with Gasteiger partial charge in [-0.15, -0.1) is 24.0 Å². The maximum atomic E-state index is 5.25. The molecule has 1 aromatic rings. The summed E-state index contributed by atoms with van der Waals surface area (Å²) in [6, 6.07) is 0. The number of nitrogens with zero attached hydrogens (tertiary/aromatic N) is 3. The van der Waals surface area contributed by atoms with Crippen LogP contribution in [-0.4, -0.2) is 48.2 Å². The van der Waals surface area contributed by atoms with Gasteiger partial charge in [0.2, 0.25) is 0 Å². The summed E-state index contributed by atoms with van der Waals surface area (Å²) in [7, 11) is 1.84. The highest BCUT2D eigenvalue weighted by molar-refractivity contribution is 14.0. The first-order valence-corrected chi connectivity index (χ1v) is 10.3. The van der Waals surface area contributed by atoms with E-state index < -0.39 is 0 Å². The lowest BCUT2D eigenvalue weighted by atomic mass is 9.79. The first-order chi connectivity index (χ1) is 12.6. The zero-order valence-electron chi connectivity index (χ0n) is 17.1. The van der Waals surface area contributed by atoms with Gasteiger partial charge in [0.05, 0.1) is 5.69 Å². The third-order valence-electron chi connectivity index (χ3n) is 6.23. The van der Waals surface area contributed by atoms with Gasteiger partial charge in [-0.2, -0.15) is 0 Å². The summed E-state index contributed by atoms with van der Waals surface area (Å²) in [5.41, 5.74) is 2.37. The molecule has 0 bridgehead atoms. The Labute approximate surface area is 180 Å². The van der Waals surface area contributed by atoms with Crippen LogP contribution >= 0.6 is 24.0 Å². The topological polar surface area (TPSA) is 65.7 Å². The van der Waals surface area contributed by atoms with Gasteiger partial charge in [-0.1, -0.05) is 30.8 Å². The average molecular weight is 489 g/mol. The highest BCUT2D eigenvalue weighted by Crippen LogP contribution is 2.35. The van der Waals surface area contributed by atoms with Crippen molar-refractivity contribution >= 4 is 29.9 Å².